The van der Waals surface area contributed by atoms with Crippen LogP contribution in [0.25, 0.3) is 0 Å². The van der Waals surface area contributed by atoms with Gasteiger partial charge in [-0.15, -0.1) is 0 Å². The highest BCUT2D eigenvalue weighted by molar-refractivity contribution is 5.99. The molecule has 2 fully saturated rings. The summed E-state index contributed by atoms with van der Waals surface area (Å²) in [5.74, 6) is -2.73. The molecular weight excluding hydrogens is 372 g/mol. The molecule has 1 aliphatic carbocycles. The topological polar surface area (TPSA) is 37.4 Å². The summed E-state index contributed by atoms with van der Waals surface area (Å²) >= 11 is 0. The van der Waals surface area contributed by atoms with Crippen LogP contribution in [0.4, 0.5) is 8.78 Å². The molecule has 2 amide bonds. The van der Waals surface area contributed by atoms with Gasteiger partial charge in [-0.05, 0) is 42.9 Å². The van der Waals surface area contributed by atoms with E-state index in [9.17, 15) is 18.4 Å². The Morgan fingerprint density at radius 3 is 2.59 bits per heavy atom. The van der Waals surface area contributed by atoms with Gasteiger partial charge < -0.3 is 0 Å². The number of halogens is 2. The van der Waals surface area contributed by atoms with Gasteiger partial charge in [-0.2, -0.15) is 0 Å². The highest BCUT2D eigenvalue weighted by Crippen LogP contribution is 2.45. The van der Waals surface area contributed by atoms with E-state index in [1.165, 1.54) is 17.0 Å². The molecule has 2 aromatic rings. The van der Waals surface area contributed by atoms with Crippen LogP contribution >= 0.6 is 0 Å². The van der Waals surface area contributed by atoms with E-state index in [1.807, 2.05) is 30.3 Å². The van der Waals surface area contributed by atoms with E-state index in [0.29, 0.717) is 37.7 Å². The zero-order valence-corrected chi connectivity index (χ0v) is 16.1. The Labute approximate surface area is 169 Å². The minimum absolute atomic E-state index is 0.174. The van der Waals surface area contributed by atoms with Gasteiger partial charge in [0.1, 0.15) is 11.6 Å². The van der Waals surface area contributed by atoms with Crippen LogP contribution in [-0.4, -0.2) is 22.8 Å². The maximum Gasteiger partial charge on any atom is 0.233 e. The molecule has 4 rings (SSSR count). The van der Waals surface area contributed by atoms with Crippen molar-refractivity contribution in [2.75, 3.05) is 0 Å². The fourth-order valence-corrected chi connectivity index (χ4v) is 4.68. The van der Waals surface area contributed by atoms with Crippen molar-refractivity contribution >= 4 is 11.8 Å². The predicted octanol–water partition coefficient (Wildman–Crippen LogP) is 4.77. The number of imide groups is 1. The predicted molar refractivity (Wildman–Crippen MR) is 106 cm³/mol. The Balaban J connectivity index is 1.60. The van der Waals surface area contributed by atoms with Gasteiger partial charge in [0.05, 0.1) is 0 Å². The van der Waals surface area contributed by atoms with Gasteiger partial charge in [0.15, 0.2) is 0 Å². The van der Waals surface area contributed by atoms with Gasteiger partial charge in [0, 0.05) is 30.4 Å². The summed E-state index contributed by atoms with van der Waals surface area (Å²) in [7, 11) is 0. The Hall–Kier alpha value is -2.82. The van der Waals surface area contributed by atoms with Gasteiger partial charge in [0.2, 0.25) is 11.8 Å². The summed E-state index contributed by atoms with van der Waals surface area (Å²) < 4.78 is 27.8. The Morgan fingerprint density at radius 1 is 1.10 bits per heavy atom. The average Bonchev–Trinajstić information content (AvgIpc) is 3.25. The first-order chi connectivity index (χ1) is 13.9. The standard InChI is InChI=1S/C24H23F2NO2/c1-15-11-20(19-9-7-17(25)14-22(19)26)21(12-15)24(29)27-18(8-10-23(27)28)13-16-5-3-2-4-6-16/h2-7,9,14,18,20-21H,1,8,10-13H2/t18-,20+,21-/m1/s1. The normalized spacial score (nSPS) is 24.3. The molecule has 0 radical (unpaired) electrons. The van der Waals surface area contributed by atoms with Gasteiger partial charge in [0.25, 0.3) is 0 Å². The Kier molecular flexibility index (Phi) is 5.31. The van der Waals surface area contributed by atoms with Gasteiger partial charge in [-0.1, -0.05) is 48.6 Å². The number of amides is 2. The molecule has 0 unspecified atom stereocenters. The number of rotatable bonds is 4. The first-order valence-corrected chi connectivity index (χ1v) is 9.95. The number of allylic oxidation sites excluding steroid dienone is 1. The zero-order chi connectivity index (χ0) is 20.5. The molecule has 1 saturated carbocycles. The van der Waals surface area contributed by atoms with Crippen LogP contribution in [0, 0.1) is 17.6 Å². The van der Waals surface area contributed by atoms with E-state index in [4.69, 9.17) is 0 Å². The number of hydrogen-bond acceptors (Lipinski definition) is 2. The molecule has 3 nitrogen and oxygen atoms in total. The molecule has 0 bridgehead atoms. The summed E-state index contributed by atoms with van der Waals surface area (Å²) in [6, 6.07) is 13.0. The van der Waals surface area contributed by atoms with Crippen molar-refractivity contribution in [3.8, 4) is 0 Å². The van der Waals surface area contributed by atoms with Gasteiger partial charge in [-0.25, -0.2) is 8.78 Å². The molecule has 2 aromatic carbocycles. The van der Waals surface area contributed by atoms with Crippen LogP contribution in [0.2, 0.25) is 0 Å². The van der Waals surface area contributed by atoms with Crippen molar-refractivity contribution in [1.82, 2.24) is 4.90 Å². The first-order valence-electron chi connectivity index (χ1n) is 9.95. The number of benzene rings is 2. The van der Waals surface area contributed by atoms with Gasteiger partial charge in [-0.3, -0.25) is 14.5 Å². The third kappa shape index (κ3) is 3.86. The van der Waals surface area contributed by atoms with Crippen LogP contribution in [0.15, 0.2) is 60.7 Å². The minimum Gasteiger partial charge on any atom is -0.279 e. The summed E-state index contributed by atoms with van der Waals surface area (Å²) in [6.45, 7) is 3.99. The maximum atomic E-state index is 14.4. The lowest BCUT2D eigenvalue weighted by Gasteiger charge is -2.28. The monoisotopic (exact) mass is 395 g/mol. The molecule has 150 valence electrons. The fourth-order valence-electron chi connectivity index (χ4n) is 4.68. The largest absolute Gasteiger partial charge is 0.279 e. The van der Waals surface area contributed by atoms with Crippen molar-refractivity contribution < 1.29 is 18.4 Å². The third-order valence-electron chi connectivity index (χ3n) is 6.06. The SMILES string of the molecule is C=C1C[C@@H](C(=O)N2C(=O)CC[C@@H]2Cc2ccccc2)[C@H](c2ccc(F)cc2F)C1. The van der Waals surface area contributed by atoms with Crippen molar-refractivity contribution in [2.24, 2.45) is 5.92 Å². The molecular formula is C24H23F2NO2. The second-order valence-electron chi connectivity index (χ2n) is 8.02. The van der Waals surface area contributed by atoms with Crippen molar-refractivity contribution in [3.63, 3.8) is 0 Å². The molecule has 3 atom stereocenters. The molecule has 29 heavy (non-hydrogen) atoms. The highest BCUT2D eigenvalue weighted by Gasteiger charge is 2.44. The molecule has 5 heteroatoms. The molecule has 0 spiro atoms. The minimum atomic E-state index is -0.656. The fraction of sp³-hybridized carbons (Fsp3) is 0.333. The van der Waals surface area contributed by atoms with E-state index in [0.717, 1.165) is 17.2 Å². The molecule has 1 saturated heterocycles. The molecule has 2 aliphatic rings. The quantitative estimate of drug-likeness (QED) is 0.552. The second-order valence-corrected chi connectivity index (χ2v) is 8.02. The third-order valence-corrected chi connectivity index (χ3v) is 6.06. The second kappa shape index (κ2) is 7.90. The molecule has 1 aliphatic heterocycles. The zero-order valence-electron chi connectivity index (χ0n) is 16.1. The number of likely N-dealkylation sites (tertiary alicyclic amines) is 1. The van der Waals surface area contributed by atoms with E-state index >= 15 is 0 Å². The summed E-state index contributed by atoms with van der Waals surface area (Å²) in [6.07, 6.45) is 2.46. The molecule has 0 N–H and O–H groups in total. The van der Waals surface area contributed by atoms with E-state index < -0.39 is 23.5 Å². The van der Waals surface area contributed by atoms with E-state index in [1.54, 1.807) is 0 Å². The maximum absolute atomic E-state index is 14.4. The summed E-state index contributed by atoms with van der Waals surface area (Å²) in [5, 5.41) is 0. The number of carbonyl (C=O) groups is 2. The van der Waals surface area contributed by atoms with Crippen molar-refractivity contribution in [2.45, 2.75) is 44.1 Å². The summed E-state index contributed by atoms with van der Waals surface area (Å²) in [5.41, 5.74) is 2.24. The van der Waals surface area contributed by atoms with Crippen LogP contribution in [0.3, 0.4) is 0 Å². The first kappa shape index (κ1) is 19.5. The van der Waals surface area contributed by atoms with Crippen LogP contribution in [0.1, 0.15) is 42.7 Å². The lowest BCUT2D eigenvalue weighted by molar-refractivity contribution is -0.146. The average molecular weight is 395 g/mol. The van der Waals surface area contributed by atoms with Crippen molar-refractivity contribution in [3.05, 3.63) is 83.4 Å². The molecule has 1 heterocycles. The highest BCUT2D eigenvalue weighted by atomic mass is 19.1. The lowest BCUT2D eigenvalue weighted by Crippen LogP contribution is -2.43. The van der Waals surface area contributed by atoms with Gasteiger partial charge >= 0.3 is 0 Å². The Morgan fingerprint density at radius 2 is 1.86 bits per heavy atom. The van der Waals surface area contributed by atoms with Crippen LogP contribution in [0.5, 0.6) is 0 Å². The van der Waals surface area contributed by atoms with E-state index in [2.05, 4.69) is 6.58 Å². The Bertz CT molecular complexity index is 957. The number of carbonyl (C=O) groups excluding carboxylic acids is 2. The van der Waals surface area contributed by atoms with Crippen LogP contribution < -0.4 is 0 Å². The number of hydrogen-bond donors (Lipinski definition) is 0. The molecule has 0 aromatic heterocycles. The van der Waals surface area contributed by atoms with Crippen LogP contribution in [-0.2, 0) is 16.0 Å². The lowest BCUT2D eigenvalue weighted by atomic mass is 9.87. The number of nitrogens with zero attached hydrogens (tertiary/aromatic N) is 1. The van der Waals surface area contributed by atoms with Crippen molar-refractivity contribution in [1.29, 1.82) is 0 Å². The smallest absolute Gasteiger partial charge is 0.233 e. The van der Waals surface area contributed by atoms with E-state index in [-0.39, 0.29) is 17.9 Å². The summed E-state index contributed by atoms with van der Waals surface area (Å²) in [4.78, 5) is 27.4.